The molecule has 0 aliphatic carbocycles. The Hall–Kier alpha value is -1.35. The Labute approximate surface area is 102 Å². The third-order valence-corrected chi connectivity index (χ3v) is 3.02. The molecule has 1 unspecified atom stereocenters. The number of amides is 1. The first-order chi connectivity index (χ1) is 8.33. The molecule has 17 heavy (non-hydrogen) atoms. The lowest BCUT2D eigenvalue weighted by Crippen LogP contribution is -2.15. The summed E-state index contributed by atoms with van der Waals surface area (Å²) in [5.41, 5.74) is 1.85. The van der Waals surface area contributed by atoms with Crippen LogP contribution in [-0.2, 0) is 9.53 Å². The fraction of sp³-hybridized carbons (Fsp3) is 0.500. The lowest BCUT2D eigenvalue weighted by atomic mass is 10.1. The number of carbonyl (C=O) groups is 1. The Kier molecular flexibility index (Phi) is 4.15. The highest BCUT2D eigenvalue weighted by molar-refractivity contribution is 6.01. The monoisotopic (exact) mass is 233 g/mol. The maximum atomic E-state index is 11.7. The second-order valence-corrected chi connectivity index (χ2v) is 4.39. The van der Waals surface area contributed by atoms with Crippen LogP contribution in [0.4, 0.5) is 5.69 Å². The number of anilines is 1. The number of hydrogen-bond donors (Lipinski definition) is 1. The maximum Gasteiger partial charge on any atom is 0.258 e. The number of benzene rings is 1. The zero-order valence-electron chi connectivity index (χ0n) is 10.2. The molecule has 1 aliphatic heterocycles. The van der Waals surface area contributed by atoms with Crippen molar-refractivity contribution in [3.05, 3.63) is 29.8 Å². The summed E-state index contributed by atoms with van der Waals surface area (Å²) >= 11 is 0. The molecule has 0 saturated heterocycles. The van der Waals surface area contributed by atoms with Gasteiger partial charge >= 0.3 is 0 Å². The van der Waals surface area contributed by atoms with Gasteiger partial charge < -0.3 is 10.1 Å². The molecule has 2 rings (SSSR count). The van der Waals surface area contributed by atoms with Gasteiger partial charge in [0.15, 0.2) is 6.10 Å². The Balaban J connectivity index is 1.87. The van der Waals surface area contributed by atoms with Gasteiger partial charge in [0.25, 0.3) is 5.91 Å². The summed E-state index contributed by atoms with van der Waals surface area (Å²) in [5.74, 6) is -0.0401. The molecule has 1 aromatic carbocycles. The van der Waals surface area contributed by atoms with Crippen molar-refractivity contribution in [2.45, 2.75) is 38.7 Å². The van der Waals surface area contributed by atoms with Gasteiger partial charge in [-0.1, -0.05) is 44.4 Å². The van der Waals surface area contributed by atoms with E-state index in [0.29, 0.717) is 6.61 Å². The average Bonchev–Trinajstić information content (AvgIpc) is 2.65. The van der Waals surface area contributed by atoms with Gasteiger partial charge in [0.2, 0.25) is 0 Å². The first-order valence-corrected chi connectivity index (χ1v) is 6.34. The van der Waals surface area contributed by atoms with E-state index in [0.717, 1.165) is 17.7 Å². The number of ether oxygens (including phenoxy) is 1. The number of carbonyl (C=O) groups excluding carboxylic acids is 1. The van der Waals surface area contributed by atoms with Crippen LogP contribution in [-0.4, -0.2) is 12.5 Å². The summed E-state index contributed by atoms with van der Waals surface area (Å²) in [4.78, 5) is 11.7. The van der Waals surface area contributed by atoms with Gasteiger partial charge in [-0.05, 0) is 12.5 Å². The van der Waals surface area contributed by atoms with Gasteiger partial charge in [-0.25, -0.2) is 0 Å². The number of para-hydroxylation sites is 1. The topological polar surface area (TPSA) is 38.3 Å². The second kappa shape index (κ2) is 5.82. The van der Waals surface area contributed by atoms with Crippen molar-refractivity contribution in [1.29, 1.82) is 0 Å². The quantitative estimate of drug-likeness (QED) is 0.766. The van der Waals surface area contributed by atoms with E-state index in [2.05, 4.69) is 12.2 Å². The molecular weight excluding hydrogens is 214 g/mol. The predicted molar refractivity (Wildman–Crippen MR) is 67.9 cm³/mol. The minimum Gasteiger partial charge on any atom is -0.364 e. The lowest BCUT2D eigenvalue weighted by Gasteiger charge is -2.10. The smallest absolute Gasteiger partial charge is 0.258 e. The second-order valence-electron chi connectivity index (χ2n) is 4.39. The van der Waals surface area contributed by atoms with E-state index in [-0.39, 0.29) is 5.91 Å². The minimum absolute atomic E-state index is 0.0401. The van der Waals surface area contributed by atoms with E-state index < -0.39 is 6.10 Å². The van der Waals surface area contributed by atoms with Crippen LogP contribution in [0.15, 0.2) is 24.3 Å². The molecule has 0 spiro atoms. The van der Waals surface area contributed by atoms with Crippen LogP contribution in [0.5, 0.6) is 0 Å². The first kappa shape index (κ1) is 12.1. The molecule has 92 valence electrons. The van der Waals surface area contributed by atoms with Gasteiger partial charge in [-0.2, -0.15) is 0 Å². The van der Waals surface area contributed by atoms with E-state index in [1.54, 1.807) is 0 Å². The third-order valence-electron chi connectivity index (χ3n) is 3.02. The molecule has 1 aliphatic rings. The normalized spacial score (nSPS) is 17.9. The van der Waals surface area contributed by atoms with Crippen molar-refractivity contribution >= 4 is 11.6 Å². The minimum atomic E-state index is -0.409. The number of hydrogen-bond acceptors (Lipinski definition) is 2. The molecule has 1 amide bonds. The highest BCUT2D eigenvalue weighted by atomic mass is 16.5. The molecule has 1 heterocycles. The number of nitrogens with one attached hydrogen (secondary N) is 1. The number of unbranched alkanes of at least 4 members (excludes halogenated alkanes) is 3. The van der Waals surface area contributed by atoms with Crippen LogP contribution in [0.3, 0.4) is 0 Å². The fourth-order valence-electron chi connectivity index (χ4n) is 2.07. The Morgan fingerprint density at radius 3 is 2.88 bits per heavy atom. The predicted octanol–water partition coefficient (Wildman–Crippen LogP) is 3.28. The zero-order chi connectivity index (χ0) is 12.1. The summed E-state index contributed by atoms with van der Waals surface area (Å²) in [6.45, 7) is 2.84. The number of rotatable bonds is 6. The molecule has 3 nitrogen and oxygen atoms in total. The molecule has 1 N–H and O–H groups in total. The first-order valence-electron chi connectivity index (χ1n) is 6.34. The molecule has 0 fully saturated rings. The molecule has 0 aromatic heterocycles. The van der Waals surface area contributed by atoms with Crippen LogP contribution < -0.4 is 5.32 Å². The van der Waals surface area contributed by atoms with Crippen molar-refractivity contribution in [3.63, 3.8) is 0 Å². The van der Waals surface area contributed by atoms with Crippen molar-refractivity contribution in [1.82, 2.24) is 0 Å². The zero-order valence-corrected chi connectivity index (χ0v) is 10.2. The van der Waals surface area contributed by atoms with Crippen LogP contribution in [0, 0.1) is 0 Å². The van der Waals surface area contributed by atoms with Crippen molar-refractivity contribution in [2.24, 2.45) is 0 Å². The van der Waals surface area contributed by atoms with Crippen LogP contribution >= 0.6 is 0 Å². The summed E-state index contributed by atoms with van der Waals surface area (Å²) in [7, 11) is 0. The van der Waals surface area contributed by atoms with Gasteiger partial charge in [0, 0.05) is 17.9 Å². The molecule has 0 radical (unpaired) electrons. The molecule has 0 saturated carbocycles. The SMILES string of the molecule is CCCCCCOC1C(=O)Nc2ccccc21. The van der Waals surface area contributed by atoms with Crippen molar-refractivity contribution in [3.8, 4) is 0 Å². The maximum absolute atomic E-state index is 11.7. The van der Waals surface area contributed by atoms with Gasteiger partial charge in [-0.15, -0.1) is 0 Å². The van der Waals surface area contributed by atoms with Gasteiger partial charge in [0.1, 0.15) is 0 Å². The Morgan fingerprint density at radius 1 is 1.24 bits per heavy atom. The van der Waals surface area contributed by atoms with Crippen molar-refractivity contribution < 1.29 is 9.53 Å². The van der Waals surface area contributed by atoms with Crippen molar-refractivity contribution in [2.75, 3.05) is 11.9 Å². The van der Waals surface area contributed by atoms with E-state index in [4.69, 9.17) is 4.74 Å². The largest absolute Gasteiger partial charge is 0.364 e. The lowest BCUT2D eigenvalue weighted by molar-refractivity contribution is -0.126. The fourth-order valence-corrected chi connectivity index (χ4v) is 2.07. The highest BCUT2D eigenvalue weighted by Crippen LogP contribution is 2.32. The van der Waals surface area contributed by atoms with Crippen LogP contribution in [0.1, 0.15) is 44.3 Å². The van der Waals surface area contributed by atoms with E-state index in [9.17, 15) is 4.79 Å². The summed E-state index contributed by atoms with van der Waals surface area (Å²) in [5, 5.41) is 2.84. The van der Waals surface area contributed by atoms with Gasteiger partial charge in [0.05, 0.1) is 0 Å². The molecule has 3 heteroatoms. The summed E-state index contributed by atoms with van der Waals surface area (Å²) in [6, 6.07) is 7.72. The average molecular weight is 233 g/mol. The van der Waals surface area contributed by atoms with E-state index >= 15 is 0 Å². The number of fused-ring (bicyclic) bond motifs is 1. The summed E-state index contributed by atoms with van der Waals surface area (Å²) < 4.78 is 5.68. The standard InChI is InChI=1S/C14H19NO2/c1-2-3-4-7-10-17-13-11-8-5-6-9-12(11)15-14(13)16/h5-6,8-9,13H,2-4,7,10H2,1H3,(H,15,16). The molecule has 1 atom stereocenters. The summed E-state index contributed by atoms with van der Waals surface area (Å²) in [6.07, 6.45) is 4.24. The molecule has 1 aromatic rings. The third kappa shape index (κ3) is 2.86. The van der Waals surface area contributed by atoms with E-state index in [1.165, 1.54) is 19.3 Å². The molecular formula is C14H19NO2. The Bertz CT molecular complexity index is 390. The Morgan fingerprint density at radius 2 is 2.06 bits per heavy atom. The highest BCUT2D eigenvalue weighted by Gasteiger charge is 2.30. The van der Waals surface area contributed by atoms with E-state index in [1.807, 2.05) is 24.3 Å². The molecule has 0 bridgehead atoms. The van der Waals surface area contributed by atoms with Crippen LogP contribution in [0.25, 0.3) is 0 Å². The van der Waals surface area contributed by atoms with Crippen LogP contribution in [0.2, 0.25) is 0 Å². The van der Waals surface area contributed by atoms with Gasteiger partial charge in [-0.3, -0.25) is 4.79 Å².